The lowest BCUT2D eigenvalue weighted by Crippen LogP contribution is -2.01. The Bertz CT molecular complexity index is 215. The number of hydrogen-bond acceptors (Lipinski definition) is 0. The molecule has 0 bridgehead atoms. The molecule has 62 valence electrons. The van der Waals surface area contributed by atoms with Gasteiger partial charge in [-0.1, -0.05) is 13.2 Å². The molecule has 0 saturated carbocycles. The van der Waals surface area contributed by atoms with Gasteiger partial charge in [-0.05, 0) is 61.8 Å². The molecule has 0 atom stereocenters. The van der Waals surface area contributed by atoms with Crippen LogP contribution in [0.1, 0.15) is 25.7 Å². The average Bonchev–Trinajstić information content (AvgIpc) is 2.04. The van der Waals surface area contributed by atoms with Crippen LogP contribution in [0.4, 0.5) is 0 Å². The van der Waals surface area contributed by atoms with Crippen molar-refractivity contribution in [3.63, 3.8) is 0 Å². The lowest BCUT2D eigenvalue weighted by Gasteiger charge is -2.20. The largest absolute Gasteiger partial charge is 0.0585 e. The molecular formula is C12H14. The first kappa shape index (κ1) is 9.31. The minimum atomic E-state index is 0.649. The molecule has 0 N–H and O–H groups in total. The fraction of sp³-hybridized carbons (Fsp3) is 0.333. The lowest BCUT2D eigenvalue weighted by atomic mass is 9.85. The third kappa shape index (κ3) is 1.88. The molecule has 0 aromatic carbocycles. The van der Waals surface area contributed by atoms with E-state index in [9.17, 15) is 0 Å². The summed E-state index contributed by atoms with van der Waals surface area (Å²) in [5, 5.41) is 0. The molecule has 0 aliphatic heterocycles. The van der Waals surface area contributed by atoms with Gasteiger partial charge >= 0.3 is 0 Å². The molecule has 0 unspecified atom stereocenters. The highest BCUT2D eigenvalue weighted by molar-refractivity contribution is 5.44. The summed E-state index contributed by atoms with van der Waals surface area (Å²) in [6, 6.07) is 0. The zero-order valence-corrected chi connectivity index (χ0v) is 7.40. The van der Waals surface area contributed by atoms with Gasteiger partial charge in [-0.3, -0.25) is 0 Å². The van der Waals surface area contributed by atoms with Crippen LogP contribution in [0.25, 0.3) is 0 Å². The zero-order chi connectivity index (χ0) is 9.14. The van der Waals surface area contributed by atoms with Crippen molar-refractivity contribution in [3.8, 4) is 0 Å². The summed E-state index contributed by atoms with van der Waals surface area (Å²) in [5.74, 6) is 0. The van der Waals surface area contributed by atoms with Crippen LogP contribution >= 0.6 is 0 Å². The predicted molar refractivity (Wildman–Crippen MR) is 51.8 cm³/mol. The maximum Gasteiger partial charge on any atom is -0.0235 e. The third-order valence-electron chi connectivity index (χ3n) is 2.24. The fourth-order valence-electron chi connectivity index (χ4n) is 1.61. The lowest BCUT2D eigenvalue weighted by molar-refractivity contribution is 0.685. The number of hydrogen-bond donors (Lipinski definition) is 0. The van der Waals surface area contributed by atoms with Crippen LogP contribution in [-0.4, -0.2) is 0 Å². The van der Waals surface area contributed by atoms with Crippen molar-refractivity contribution in [3.05, 3.63) is 49.3 Å². The van der Waals surface area contributed by atoms with Crippen molar-refractivity contribution >= 4 is 0 Å². The van der Waals surface area contributed by atoms with Crippen LogP contribution in [0.3, 0.4) is 0 Å². The Hall–Kier alpha value is -0.780. The van der Waals surface area contributed by atoms with Crippen molar-refractivity contribution in [2.24, 2.45) is 0 Å². The smallest absolute Gasteiger partial charge is 0.0235 e. The molecule has 1 aliphatic rings. The summed E-state index contributed by atoms with van der Waals surface area (Å²) in [5.41, 5.74) is 3.54. The maximum absolute atomic E-state index is 5.65. The first-order chi connectivity index (χ1) is 5.63. The molecule has 1 aliphatic carbocycles. The van der Waals surface area contributed by atoms with Gasteiger partial charge in [0.1, 0.15) is 0 Å². The minimum Gasteiger partial charge on any atom is -0.0585 e. The minimum absolute atomic E-state index is 0.649. The normalized spacial score (nSPS) is 17.8. The third-order valence-corrected chi connectivity index (χ3v) is 2.24. The van der Waals surface area contributed by atoms with Gasteiger partial charge in [0.05, 0.1) is 0 Å². The second-order valence-corrected chi connectivity index (χ2v) is 3.21. The molecule has 0 fully saturated rings. The Balaban J connectivity index is 2.99. The highest BCUT2D eigenvalue weighted by Crippen LogP contribution is 2.31. The Morgan fingerprint density at radius 3 is 1.50 bits per heavy atom. The fourth-order valence-corrected chi connectivity index (χ4v) is 1.61. The van der Waals surface area contributed by atoms with Crippen LogP contribution in [0.5, 0.6) is 0 Å². The Kier molecular flexibility index (Phi) is 2.91. The summed E-state index contributed by atoms with van der Waals surface area (Å²) in [6.07, 6.45) is 4.37. The van der Waals surface area contributed by atoms with E-state index in [1.54, 1.807) is 0 Å². The second-order valence-electron chi connectivity index (χ2n) is 3.21. The van der Waals surface area contributed by atoms with E-state index < -0.39 is 0 Å². The molecule has 0 amide bonds. The highest BCUT2D eigenvalue weighted by Gasteiger charge is 2.13. The molecule has 0 saturated heterocycles. The summed E-state index contributed by atoms with van der Waals surface area (Å²) in [6.45, 7) is 18.8. The molecule has 0 nitrogen and oxygen atoms in total. The monoisotopic (exact) mass is 158 g/mol. The number of rotatable bonds is 2. The second kappa shape index (κ2) is 3.75. The van der Waals surface area contributed by atoms with Gasteiger partial charge in [-0.15, -0.1) is 0 Å². The highest BCUT2D eigenvalue weighted by atomic mass is 14.2. The summed E-state index contributed by atoms with van der Waals surface area (Å²) in [4.78, 5) is 0. The quantitative estimate of drug-likeness (QED) is 0.578. The Morgan fingerprint density at radius 1 is 0.917 bits per heavy atom. The van der Waals surface area contributed by atoms with Gasteiger partial charge < -0.3 is 0 Å². The van der Waals surface area contributed by atoms with Crippen molar-refractivity contribution in [2.75, 3.05) is 0 Å². The molecule has 0 heteroatoms. The summed E-state index contributed by atoms with van der Waals surface area (Å²) < 4.78 is 0. The molecule has 4 radical (unpaired) electrons. The topological polar surface area (TPSA) is 0 Å². The van der Waals surface area contributed by atoms with Gasteiger partial charge in [-0.2, -0.15) is 0 Å². The van der Waals surface area contributed by atoms with Gasteiger partial charge in [-0.25, -0.2) is 0 Å². The van der Waals surface area contributed by atoms with E-state index in [2.05, 4.69) is 13.8 Å². The molecule has 1 rings (SSSR count). The van der Waals surface area contributed by atoms with Crippen molar-refractivity contribution in [2.45, 2.75) is 25.7 Å². The number of allylic oxidation sites excluding steroid dienone is 4. The van der Waals surface area contributed by atoms with E-state index in [0.717, 1.165) is 24.0 Å². The van der Waals surface area contributed by atoms with Gasteiger partial charge in [0.25, 0.3) is 0 Å². The van der Waals surface area contributed by atoms with Gasteiger partial charge in [0.15, 0.2) is 0 Å². The van der Waals surface area contributed by atoms with Crippen LogP contribution in [-0.2, 0) is 0 Å². The molecule has 0 spiro atoms. The molecule has 0 aromatic heterocycles. The first-order valence-electron chi connectivity index (χ1n) is 4.24. The van der Waals surface area contributed by atoms with Gasteiger partial charge in [0, 0.05) is 0 Å². The van der Waals surface area contributed by atoms with Crippen LogP contribution in [0, 0.1) is 27.0 Å². The summed E-state index contributed by atoms with van der Waals surface area (Å²) >= 11 is 0. The van der Waals surface area contributed by atoms with Crippen LogP contribution < -0.4 is 0 Å². The zero-order valence-electron chi connectivity index (χ0n) is 7.40. The van der Waals surface area contributed by atoms with E-state index in [4.69, 9.17) is 13.2 Å². The predicted octanol–water partition coefficient (Wildman–Crippen LogP) is 3.24. The van der Waals surface area contributed by atoms with Crippen LogP contribution in [0.15, 0.2) is 22.3 Å². The van der Waals surface area contributed by atoms with Gasteiger partial charge in [0.2, 0.25) is 0 Å². The Morgan fingerprint density at radius 2 is 1.25 bits per heavy atom. The van der Waals surface area contributed by atoms with Crippen molar-refractivity contribution < 1.29 is 0 Å². The van der Waals surface area contributed by atoms with Crippen molar-refractivity contribution in [1.29, 1.82) is 0 Å². The summed E-state index contributed by atoms with van der Waals surface area (Å²) in [7, 11) is 0. The van der Waals surface area contributed by atoms with E-state index in [-0.39, 0.29) is 0 Å². The standard InChI is InChI=1S/C12H14/c1-9(2)11-7-5-6-8-12(11)10(3)4/h1,3H,2,4-8H2. The Labute approximate surface area is 75.7 Å². The van der Waals surface area contributed by atoms with Crippen molar-refractivity contribution in [1.82, 2.24) is 0 Å². The molecular weight excluding hydrogens is 144 g/mol. The average molecular weight is 158 g/mol. The van der Waals surface area contributed by atoms with E-state index in [0.29, 0.717) is 11.1 Å². The molecule has 0 aromatic rings. The van der Waals surface area contributed by atoms with E-state index in [1.165, 1.54) is 12.8 Å². The molecule has 12 heavy (non-hydrogen) atoms. The van der Waals surface area contributed by atoms with Crippen LogP contribution in [0.2, 0.25) is 0 Å². The van der Waals surface area contributed by atoms with E-state index >= 15 is 0 Å². The van der Waals surface area contributed by atoms with E-state index in [1.807, 2.05) is 0 Å². The molecule has 0 heterocycles. The first-order valence-corrected chi connectivity index (χ1v) is 4.24. The SMILES string of the molecule is [CH]=C([CH2])C1=C(C(=[CH])[CH2])CCCC1. The maximum atomic E-state index is 5.65.